The molecule has 0 aliphatic heterocycles. The van der Waals surface area contributed by atoms with Crippen molar-refractivity contribution in [1.82, 2.24) is 20.2 Å². The number of ether oxygens (including phenoxy) is 1. The zero-order valence-electron chi connectivity index (χ0n) is 9.87. The average molecular weight is 241 g/mol. The van der Waals surface area contributed by atoms with E-state index in [-0.39, 0.29) is 0 Å². The van der Waals surface area contributed by atoms with Gasteiger partial charge in [-0.3, -0.25) is 0 Å². The molecule has 0 atom stereocenters. The van der Waals surface area contributed by atoms with Gasteiger partial charge >= 0.3 is 0 Å². The fourth-order valence-electron chi connectivity index (χ4n) is 1.36. The van der Waals surface area contributed by atoms with E-state index in [0.717, 1.165) is 5.57 Å². The molecule has 0 fully saturated rings. The number of aromatic nitrogens is 4. The summed E-state index contributed by atoms with van der Waals surface area (Å²) < 4.78 is 7.05. The molecular formula is C12H11N5O. The monoisotopic (exact) mass is 241 g/mol. The molecule has 0 saturated heterocycles. The quantitative estimate of drug-likeness (QED) is 0.758. The number of nitriles is 1. The van der Waals surface area contributed by atoms with Crippen LogP contribution in [0.25, 0.3) is 5.69 Å². The fraction of sp³-hybridized carbons (Fsp3) is 0.167. The van der Waals surface area contributed by atoms with Gasteiger partial charge in [-0.2, -0.15) is 9.94 Å². The maximum Gasteiger partial charge on any atom is 0.145 e. The summed E-state index contributed by atoms with van der Waals surface area (Å²) >= 11 is 0. The van der Waals surface area contributed by atoms with E-state index >= 15 is 0 Å². The summed E-state index contributed by atoms with van der Waals surface area (Å²) in [5.41, 5.74) is 2.05. The lowest BCUT2D eigenvalue weighted by molar-refractivity contribution is 0.350. The Bertz CT molecular complexity index is 597. The lowest BCUT2D eigenvalue weighted by Crippen LogP contribution is -2.04. The Balaban J connectivity index is 2.40. The molecule has 1 heterocycles. The second kappa shape index (κ2) is 5.10. The minimum Gasteiger partial charge on any atom is -0.487 e. The Morgan fingerprint density at radius 1 is 1.56 bits per heavy atom. The zero-order valence-corrected chi connectivity index (χ0v) is 9.87. The molecule has 90 valence electrons. The highest BCUT2D eigenvalue weighted by atomic mass is 16.5. The smallest absolute Gasteiger partial charge is 0.145 e. The van der Waals surface area contributed by atoms with Crippen LogP contribution in [0.5, 0.6) is 5.75 Å². The Morgan fingerprint density at radius 2 is 2.39 bits per heavy atom. The van der Waals surface area contributed by atoms with Crippen LogP contribution >= 0.6 is 0 Å². The van der Waals surface area contributed by atoms with E-state index in [2.05, 4.69) is 28.2 Å². The van der Waals surface area contributed by atoms with E-state index in [1.807, 2.05) is 6.92 Å². The minimum absolute atomic E-state index is 0.404. The standard InChI is InChI=1S/C12H11N5O/c1-9(2)7-18-12-4-3-10(6-13)5-11(12)17-8-14-15-16-17/h3-5,8H,1,7H2,2H3. The van der Waals surface area contributed by atoms with Crippen LogP contribution in [0.15, 0.2) is 36.7 Å². The van der Waals surface area contributed by atoms with Crippen molar-refractivity contribution in [2.24, 2.45) is 0 Å². The Labute approximate surface area is 104 Å². The maximum atomic E-state index is 8.90. The van der Waals surface area contributed by atoms with Gasteiger partial charge in [-0.25, -0.2) is 0 Å². The van der Waals surface area contributed by atoms with Gasteiger partial charge in [0.15, 0.2) is 0 Å². The first-order chi connectivity index (χ1) is 8.70. The molecule has 1 aromatic carbocycles. The van der Waals surface area contributed by atoms with Gasteiger partial charge in [-0.05, 0) is 41.1 Å². The fourth-order valence-corrected chi connectivity index (χ4v) is 1.36. The summed E-state index contributed by atoms with van der Waals surface area (Å²) in [7, 11) is 0. The first-order valence-corrected chi connectivity index (χ1v) is 5.25. The van der Waals surface area contributed by atoms with E-state index in [9.17, 15) is 0 Å². The predicted molar refractivity (Wildman–Crippen MR) is 64.2 cm³/mol. The Morgan fingerprint density at radius 3 is 3.00 bits per heavy atom. The van der Waals surface area contributed by atoms with E-state index in [1.165, 1.54) is 11.0 Å². The second-order valence-corrected chi connectivity index (χ2v) is 3.79. The summed E-state index contributed by atoms with van der Waals surface area (Å²) in [4.78, 5) is 0. The molecular weight excluding hydrogens is 230 g/mol. The van der Waals surface area contributed by atoms with Gasteiger partial charge in [-0.15, -0.1) is 5.10 Å². The van der Waals surface area contributed by atoms with Crippen molar-refractivity contribution < 1.29 is 4.74 Å². The van der Waals surface area contributed by atoms with Crippen molar-refractivity contribution in [3.05, 3.63) is 42.2 Å². The number of nitrogens with zero attached hydrogens (tertiary/aromatic N) is 5. The van der Waals surface area contributed by atoms with Crippen molar-refractivity contribution >= 4 is 0 Å². The molecule has 2 rings (SSSR count). The number of benzene rings is 1. The van der Waals surface area contributed by atoms with Gasteiger partial charge in [0.2, 0.25) is 0 Å². The van der Waals surface area contributed by atoms with Crippen LogP contribution in [-0.2, 0) is 0 Å². The molecule has 6 heteroatoms. The van der Waals surface area contributed by atoms with E-state index in [4.69, 9.17) is 10.00 Å². The molecule has 0 spiro atoms. The minimum atomic E-state index is 0.404. The zero-order chi connectivity index (χ0) is 13.0. The van der Waals surface area contributed by atoms with E-state index < -0.39 is 0 Å². The van der Waals surface area contributed by atoms with Gasteiger partial charge in [-0.1, -0.05) is 6.58 Å². The van der Waals surface area contributed by atoms with Crippen LogP contribution in [0.1, 0.15) is 12.5 Å². The van der Waals surface area contributed by atoms with Crippen molar-refractivity contribution in [3.63, 3.8) is 0 Å². The normalized spacial score (nSPS) is 9.78. The number of tetrazole rings is 1. The SMILES string of the molecule is C=C(C)COc1ccc(C#N)cc1-n1cnnn1. The van der Waals surface area contributed by atoms with Crippen LogP contribution in [0.2, 0.25) is 0 Å². The van der Waals surface area contributed by atoms with Crippen molar-refractivity contribution in [2.45, 2.75) is 6.92 Å². The lowest BCUT2D eigenvalue weighted by atomic mass is 10.2. The van der Waals surface area contributed by atoms with Crippen molar-refractivity contribution in [1.29, 1.82) is 5.26 Å². The van der Waals surface area contributed by atoms with Crippen LogP contribution in [0.3, 0.4) is 0 Å². The third-order valence-electron chi connectivity index (χ3n) is 2.16. The molecule has 0 aliphatic carbocycles. The summed E-state index contributed by atoms with van der Waals surface area (Å²) in [5, 5.41) is 19.8. The van der Waals surface area contributed by atoms with Crippen molar-refractivity contribution in [3.8, 4) is 17.5 Å². The molecule has 6 nitrogen and oxygen atoms in total. The van der Waals surface area contributed by atoms with E-state index in [0.29, 0.717) is 23.6 Å². The molecule has 0 saturated carbocycles. The molecule has 0 aliphatic rings. The second-order valence-electron chi connectivity index (χ2n) is 3.79. The van der Waals surface area contributed by atoms with Crippen LogP contribution in [0.4, 0.5) is 0 Å². The summed E-state index contributed by atoms with van der Waals surface area (Å²) in [6, 6.07) is 7.14. The van der Waals surface area contributed by atoms with Gasteiger partial charge < -0.3 is 4.74 Å². The highest BCUT2D eigenvalue weighted by molar-refractivity contribution is 5.51. The molecule has 18 heavy (non-hydrogen) atoms. The predicted octanol–water partition coefficient (Wildman–Crippen LogP) is 1.49. The number of hydrogen-bond acceptors (Lipinski definition) is 5. The van der Waals surface area contributed by atoms with Crippen molar-refractivity contribution in [2.75, 3.05) is 6.61 Å². The van der Waals surface area contributed by atoms with Crippen LogP contribution < -0.4 is 4.74 Å². The third kappa shape index (κ3) is 2.52. The molecule has 0 radical (unpaired) electrons. The van der Waals surface area contributed by atoms with Gasteiger partial charge in [0, 0.05) is 0 Å². The molecule has 0 N–H and O–H groups in total. The number of hydrogen-bond donors (Lipinski definition) is 0. The van der Waals surface area contributed by atoms with Gasteiger partial charge in [0.1, 0.15) is 24.4 Å². The highest BCUT2D eigenvalue weighted by Crippen LogP contribution is 2.23. The van der Waals surface area contributed by atoms with Gasteiger partial charge in [0.25, 0.3) is 0 Å². The van der Waals surface area contributed by atoms with Gasteiger partial charge in [0.05, 0.1) is 11.6 Å². The molecule has 2 aromatic rings. The molecule has 0 unspecified atom stereocenters. The number of rotatable bonds is 4. The third-order valence-corrected chi connectivity index (χ3v) is 2.16. The molecule has 1 aromatic heterocycles. The highest BCUT2D eigenvalue weighted by Gasteiger charge is 2.09. The van der Waals surface area contributed by atoms with Crippen LogP contribution in [0, 0.1) is 11.3 Å². The summed E-state index contributed by atoms with van der Waals surface area (Å²) in [6.07, 6.45) is 1.45. The van der Waals surface area contributed by atoms with Crippen LogP contribution in [-0.4, -0.2) is 26.8 Å². The molecule has 0 amide bonds. The summed E-state index contributed by atoms with van der Waals surface area (Å²) in [5.74, 6) is 0.601. The Kier molecular flexibility index (Phi) is 3.34. The summed E-state index contributed by atoms with van der Waals surface area (Å²) in [6.45, 7) is 6.05. The van der Waals surface area contributed by atoms with E-state index in [1.54, 1.807) is 18.2 Å². The largest absolute Gasteiger partial charge is 0.487 e. The molecule has 0 bridgehead atoms. The first kappa shape index (κ1) is 11.8. The first-order valence-electron chi connectivity index (χ1n) is 5.25. The average Bonchev–Trinajstić information content (AvgIpc) is 2.89. The topological polar surface area (TPSA) is 76.6 Å². The Hall–Kier alpha value is -2.68. The maximum absolute atomic E-state index is 8.90. The lowest BCUT2D eigenvalue weighted by Gasteiger charge is -2.10.